The number of hydrogen-bond acceptors (Lipinski definition) is 5. The van der Waals surface area contributed by atoms with Crippen LogP contribution < -0.4 is 14.4 Å². The van der Waals surface area contributed by atoms with Crippen molar-refractivity contribution < 1.29 is 27.1 Å². The highest BCUT2D eigenvalue weighted by atomic mass is 35.5. The maximum absolute atomic E-state index is 13.6. The van der Waals surface area contributed by atoms with Gasteiger partial charge >= 0.3 is 0 Å². The van der Waals surface area contributed by atoms with Gasteiger partial charge in [-0.1, -0.05) is 30.7 Å². The number of carbonyl (C=O) groups excluding carboxylic acids is 2. The summed E-state index contributed by atoms with van der Waals surface area (Å²) in [4.78, 5) is 27.2. The number of hydrogen-bond donors (Lipinski definition) is 1. The number of benzene rings is 2. The lowest BCUT2D eigenvalue weighted by Gasteiger charge is -2.32. The van der Waals surface area contributed by atoms with Crippen molar-refractivity contribution in [3.05, 3.63) is 58.9 Å². The number of sulfonamides is 1. The zero-order chi connectivity index (χ0) is 24.8. The lowest BCUT2D eigenvalue weighted by Crippen LogP contribution is -2.51. The van der Waals surface area contributed by atoms with Gasteiger partial charge in [0.2, 0.25) is 21.8 Å². The summed E-state index contributed by atoms with van der Waals surface area (Å²) in [6.45, 7) is 1.20. The minimum absolute atomic E-state index is 0.0339. The summed E-state index contributed by atoms with van der Waals surface area (Å²) in [6.07, 6.45) is 1.23. The van der Waals surface area contributed by atoms with Gasteiger partial charge in [0.25, 0.3) is 0 Å². The SMILES string of the molecule is CCC(C(=O)NC)N(Cc1cccc(OC)c1)C(=O)CN(c1ccc(F)c(Cl)c1)S(C)(=O)=O. The van der Waals surface area contributed by atoms with Crippen LogP contribution in [0.25, 0.3) is 0 Å². The fourth-order valence-electron chi connectivity index (χ4n) is 3.31. The minimum Gasteiger partial charge on any atom is -0.497 e. The average Bonchev–Trinajstić information content (AvgIpc) is 2.78. The second-order valence-electron chi connectivity index (χ2n) is 7.28. The maximum atomic E-state index is 13.6. The van der Waals surface area contributed by atoms with Crippen LogP contribution in [0.15, 0.2) is 42.5 Å². The maximum Gasteiger partial charge on any atom is 0.244 e. The fraction of sp³-hybridized carbons (Fsp3) is 0.364. The predicted molar refractivity (Wildman–Crippen MR) is 125 cm³/mol. The number of halogens is 2. The van der Waals surface area contributed by atoms with Crippen molar-refractivity contribution in [1.82, 2.24) is 10.2 Å². The molecule has 1 unspecified atom stereocenters. The van der Waals surface area contributed by atoms with Gasteiger partial charge in [-0.15, -0.1) is 0 Å². The van der Waals surface area contributed by atoms with Gasteiger partial charge in [-0.2, -0.15) is 0 Å². The van der Waals surface area contributed by atoms with Crippen LogP contribution in [0.4, 0.5) is 10.1 Å². The molecule has 0 heterocycles. The normalized spacial score (nSPS) is 12.1. The van der Waals surface area contributed by atoms with Crippen LogP contribution in [0.2, 0.25) is 5.02 Å². The molecule has 0 aromatic heterocycles. The summed E-state index contributed by atoms with van der Waals surface area (Å²) in [5, 5.41) is 2.26. The number of likely N-dealkylation sites (N-methyl/N-ethyl adjacent to an activating group) is 1. The molecule has 11 heteroatoms. The van der Waals surface area contributed by atoms with E-state index in [4.69, 9.17) is 16.3 Å². The molecule has 0 fully saturated rings. The molecule has 1 atom stereocenters. The Balaban J connectivity index is 2.45. The summed E-state index contributed by atoms with van der Waals surface area (Å²) >= 11 is 5.82. The van der Waals surface area contributed by atoms with Gasteiger partial charge in [0.1, 0.15) is 24.2 Å². The smallest absolute Gasteiger partial charge is 0.244 e. The summed E-state index contributed by atoms with van der Waals surface area (Å²) in [5.74, 6) is -1.14. The molecule has 8 nitrogen and oxygen atoms in total. The lowest BCUT2D eigenvalue weighted by atomic mass is 10.1. The highest BCUT2D eigenvalue weighted by Gasteiger charge is 2.31. The molecule has 0 aliphatic carbocycles. The van der Waals surface area contributed by atoms with Gasteiger partial charge < -0.3 is 15.0 Å². The largest absolute Gasteiger partial charge is 0.497 e. The van der Waals surface area contributed by atoms with Gasteiger partial charge in [-0.3, -0.25) is 13.9 Å². The molecular formula is C22H27ClFN3O5S. The molecule has 0 spiro atoms. The van der Waals surface area contributed by atoms with Crippen LogP contribution in [-0.4, -0.2) is 58.1 Å². The Labute approximate surface area is 198 Å². The Hall–Kier alpha value is -2.85. The summed E-state index contributed by atoms with van der Waals surface area (Å²) in [6, 6.07) is 9.53. The van der Waals surface area contributed by atoms with E-state index < -0.39 is 34.3 Å². The number of amides is 2. The van der Waals surface area contributed by atoms with Crippen LogP contribution in [-0.2, 0) is 26.2 Å². The number of nitrogens with zero attached hydrogens (tertiary/aromatic N) is 2. The molecular weight excluding hydrogens is 473 g/mol. The summed E-state index contributed by atoms with van der Waals surface area (Å²) < 4.78 is 44.6. The molecule has 2 aromatic rings. The van der Waals surface area contributed by atoms with E-state index in [1.54, 1.807) is 31.2 Å². The number of carbonyl (C=O) groups is 2. The Kier molecular flexibility index (Phi) is 9.07. The number of nitrogens with one attached hydrogen (secondary N) is 1. The van der Waals surface area contributed by atoms with Gasteiger partial charge in [-0.05, 0) is 42.3 Å². The highest BCUT2D eigenvalue weighted by Crippen LogP contribution is 2.25. The number of rotatable bonds is 10. The number of anilines is 1. The number of methoxy groups -OCH3 is 1. The molecule has 180 valence electrons. The predicted octanol–water partition coefficient (Wildman–Crippen LogP) is 2.81. The van der Waals surface area contributed by atoms with Crippen molar-refractivity contribution in [2.75, 3.05) is 31.3 Å². The molecule has 0 saturated heterocycles. The van der Waals surface area contributed by atoms with Crippen LogP contribution in [0, 0.1) is 5.82 Å². The zero-order valence-corrected chi connectivity index (χ0v) is 20.4. The molecule has 1 N–H and O–H groups in total. The van der Waals surface area contributed by atoms with E-state index in [2.05, 4.69) is 5.32 Å². The fourth-order valence-corrected chi connectivity index (χ4v) is 4.32. The van der Waals surface area contributed by atoms with Crippen molar-refractivity contribution in [3.63, 3.8) is 0 Å². The van der Waals surface area contributed by atoms with E-state index in [1.165, 1.54) is 25.1 Å². The van der Waals surface area contributed by atoms with E-state index in [0.717, 1.165) is 22.7 Å². The Morgan fingerprint density at radius 3 is 2.45 bits per heavy atom. The molecule has 0 bridgehead atoms. The van der Waals surface area contributed by atoms with E-state index in [0.29, 0.717) is 17.7 Å². The first kappa shape index (κ1) is 26.4. The van der Waals surface area contributed by atoms with Crippen molar-refractivity contribution >= 4 is 39.1 Å². The monoisotopic (exact) mass is 499 g/mol. The first-order valence-electron chi connectivity index (χ1n) is 10.1. The summed E-state index contributed by atoms with van der Waals surface area (Å²) in [7, 11) is -0.960. The molecule has 0 radical (unpaired) electrons. The first-order chi connectivity index (χ1) is 15.5. The molecule has 0 aliphatic heterocycles. The van der Waals surface area contributed by atoms with Crippen LogP contribution >= 0.6 is 11.6 Å². The van der Waals surface area contributed by atoms with Crippen molar-refractivity contribution in [2.24, 2.45) is 0 Å². The van der Waals surface area contributed by atoms with Crippen LogP contribution in [0.1, 0.15) is 18.9 Å². The number of ether oxygens (including phenoxy) is 1. The highest BCUT2D eigenvalue weighted by molar-refractivity contribution is 7.92. The Morgan fingerprint density at radius 1 is 1.21 bits per heavy atom. The Morgan fingerprint density at radius 2 is 1.91 bits per heavy atom. The second kappa shape index (κ2) is 11.3. The molecule has 33 heavy (non-hydrogen) atoms. The average molecular weight is 500 g/mol. The summed E-state index contributed by atoms with van der Waals surface area (Å²) in [5.41, 5.74) is 0.729. The third-order valence-corrected chi connectivity index (χ3v) is 6.42. The molecule has 0 aliphatic rings. The molecule has 2 rings (SSSR count). The van der Waals surface area contributed by atoms with Crippen molar-refractivity contribution in [2.45, 2.75) is 25.9 Å². The van der Waals surface area contributed by atoms with E-state index >= 15 is 0 Å². The van der Waals surface area contributed by atoms with Gasteiger partial charge in [0.15, 0.2) is 0 Å². The molecule has 2 aromatic carbocycles. The first-order valence-corrected chi connectivity index (χ1v) is 12.3. The van der Waals surface area contributed by atoms with Gasteiger partial charge in [0, 0.05) is 13.6 Å². The van der Waals surface area contributed by atoms with Gasteiger partial charge in [0.05, 0.1) is 24.1 Å². The molecule has 2 amide bonds. The third kappa shape index (κ3) is 6.82. The second-order valence-corrected chi connectivity index (χ2v) is 9.59. The standard InChI is InChI=1S/C22H27ClFN3O5S/c1-5-20(22(29)25-2)26(13-15-7-6-8-17(11-15)32-3)21(28)14-27(33(4,30)31)16-9-10-19(24)18(23)12-16/h6-12,20H,5,13-14H2,1-4H3,(H,25,29). The third-order valence-electron chi connectivity index (χ3n) is 4.99. The van der Waals surface area contributed by atoms with E-state index in [-0.39, 0.29) is 23.2 Å². The van der Waals surface area contributed by atoms with E-state index in [1.807, 2.05) is 0 Å². The van der Waals surface area contributed by atoms with Crippen molar-refractivity contribution in [3.8, 4) is 5.75 Å². The quantitative estimate of drug-likeness (QED) is 0.542. The topological polar surface area (TPSA) is 96.0 Å². The Bertz CT molecular complexity index is 1110. The van der Waals surface area contributed by atoms with Crippen molar-refractivity contribution in [1.29, 1.82) is 0 Å². The zero-order valence-electron chi connectivity index (χ0n) is 18.8. The van der Waals surface area contributed by atoms with Crippen LogP contribution in [0.3, 0.4) is 0 Å². The minimum atomic E-state index is -3.93. The van der Waals surface area contributed by atoms with Crippen LogP contribution in [0.5, 0.6) is 5.75 Å². The lowest BCUT2D eigenvalue weighted by molar-refractivity contribution is -0.140. The molecule has 0 saturated carbocycles. The van der Waals surface area contributed by atoms with E-state index in [9.17, 15) is 22.4 Å². The van der Waals surface area contributed by atoms with Gasteiger partial charge in [-0.25, -0.2) is 12.8 Å².